The fourth-order valence-corrected chi connectivity index (χ4v) is 4.90. The zero-order valence-corrected chi connectivity index (χ0v) is 19.5. The van der Waals surface area contributed by atoms with Gasteiger partial charge in [-0.2, -0.15) is 0 Å². The quantitative estimate of drug-likeness (QED) is 0.563. The van der Waals surface area contributed by atoms with E-state index >= 15 is 0 Å². The van der Waals surface area contributed by atoms with Gasteiger partial charge >= 0.3 is 6.03 Å². The van der Waals surface area contributed by atoms with Crippen LogP contribution in [0.2, 0.25) is 0 Å². The molecule has 0 unspecified atom stereocenters. The molecule has 7 heteroatoms. The Morgan fingerprint density at radius 1 is 0.714 bits per heavy atom. The van der Waals surface area contributed by atoms with E-state index in [1.165, 1.54) is 16.0 Å². The average Bonchev–Trinajstić information content (AvgIpc) is 3.15. The first kappa shape index (κ1) is 22.8. The Labute approximate surface area is 204 Å². The lowest BCUT2D eigenvalue weighted by molar-refractivity contribution is 0.0653. The van der Waals surface area contributed by atoms with Gasteiger partial charge in [-0.1, -0.05) is 72.8 Å². The highest BCUT2D eigenvalue weighted by Crippen LogP contribution is 2.29. The van der Waals surface area contributed by atoms with E-state index in [2.05, 4.69) is 58.7 Å². The Bertz CT molecular complexity index is 1130. The first-order chi connectivity index (χ1) is 17.1. The summed E-state index contributed by atoms with van der Waals surface area (Å²) in [5.41, 5.74) is 3.31. The van der Waals surface area contributed by atoms with Crippen molar-refractivity contribution >= 4 is 17.8 Å². The van der Waals surface area contributed by atoms with Crippen molar-refractivity contribution in [2.75, 3.05) is 39.3 Å². The third-order valence-electron chi connectivity index (χ3n) is 6.69. The number of piperazine rings is 1. The first-order valence-electron chi connectivity index (χ1n) is 12.0. The Hall–Kier alpha value is -3.97. The monoisotopic (exact) mass is 468 g/mol. The van der Waals surface area contributed by atoms with Crippen LogP contribution < -0.4 is 5.32 Å². The number of amides is 4. The van der Waals surface area contributed by atoms with Crippen molar-refractivity contribution in [3.8, 4) is 0 Å². The number of carbonyl (C=O) groups is 3. The second kappa shape index (κ2) is 10.1. The Balaban J connectivity index is 1.16. The maximum Gasteiger partial charge on any atom is 0.317 e. The smallest absolute Gasteiger partial charge is 0.317 e. The summed E-state index contributed by atoms with van der Waals surface area (Å²) in [5, 5.41) is 2.88. The van der Waals surface area contributed by atoms with E-state index in [1.54, 1.807) is 29.2 Å². The number of benzene rings is 3. The summed E-state index contributed by atoms with van der Waals surface area (Å²) >= 11 is 0. The molecule has 5 rings (SSSR count). The highest BCUT2D eigenvalue weighted by molar-refractivity contribution is 6.21. The maximum atomic E-state index is 12.8. The molecule has 2 aliphatic heterocycles. The first-order valence-corrected chi connectivity index (χ1v) is 12.0. The van der Waals surface area contributed by atoms with E-state index in [-0.39, 0.29) is 37.0 Å². The summed E-state index contributed by atoms with van der Waals surface area (Å²) < 4.78 is 0. The summed E-state index contributed by atoms with van der Waals surface area (Å²) in [6.07, 6.45) is 0. The molecule has 1 N–H and O–H groups in total. The van der Waals surface area contributed by atoms with Gasteiger partial charge in [0, 0.05) is 39.3 Å². The maximum absolute atomic E-state index is 12.8. The summed E-state index contributed by atoms with van der Waals surface area (Å²) in [6, 6.07) is 27.7. The molecule has 0 atom stereocenters. The summed E-state index contributed by atoms with van der Waals surface area (Å²) in [4.78, 5) is 43.2. The minimum Gasteiger partial charge on any atom is -0.336 e. The fourth-order valence-electron chi connectivity index (χ4n) is 4.90. The second-order valence-corrected chi connectivity index (χ2v) is 8.79. The van der Waals surface area contributed by atoms with Crippen LogP contribution in [0.25, 0.3) is 0 Å². The minimum atomic E-state index is -0.304. The predicted molar refractivity (Wildman–Crippen MR) is 133 cm³/mol. The topological polar surface area (TPSA) is 73.0 Å². The van der Waals surface area contributed by atoms with Crippen LogP contribution >= 0.6 is 0 Å². The third kappa shape index (κ3) is 4.68. The molecule has 0 aliphatic carbocycles. The molecular formula is C28H28N4O3. The van der Waals surface area contributed by atoms with Crippen LogP contribution in [0, 0.1) is 0 Å². The second-order valence-electron chi connectivity index (χ2n) is 8.79. The van der Waals surface area contributed by atoms with Gasteiger partial charge in [0.25, 0.3) is 11.8 Å². The lowest BCUT2D eigenvalue weighted by Crippen LogP contribution is -2.53. The van der Waals surface area contributed by atoms with Crippen molar-refractivity contribution in [1.82, 2.24) is 20.0 Å². The number of rotatable bonds is 6. The molecule has 178 valence electrons. The van der Waals surface area contributed by atoms with Gasteiger partial charge < -0.3 is 10.2 Å². The molecule has 7 nitrogen and oxygen atoms in total. The molecule has 3 aromatic carbocycles. The Morgan fingerprint density at radius 3 is 1.71 bits per heavy atom. The molecule has 3 aromatic rings. The van der Waals surface area contributed by atoms with Crippen molar-refractivity contribution in [3.05, 3.63) is 107 Å². The molecule has 0 saturated carbocycles. The number of fused-ring (bicyclic) bond motifs is 1. The van der Waals surface area contributed by atoms with Crippen molar-refractivity contribution in [2.45, 2.75) is 6.04 Å². The number of nitrogens with zero attached hydrogens (tertiary/aromatic N) is 3. The zero-order chi connectivity index (χ0) is 24.2. The van der Waals surface area contributed by atoms with Gasteiger partial charge in [0.05, 0.1) is 17.2 Å². The van der Waals surface area contributed by atoms with Crippen molar-refractivity contribution in [3.63, 3.8) is 0 Å². The number of imide groups is 1. The van der Waals surface area contributed by atoms with E-state index in [9.17, 15) is 14.4 Å². The van der Waals surface area contributed by atoms with Crippen LogP contribution in [0.3, 0.4) is 0 Å². The van der Waals surface area contributed by atoms with Crippen molar-refractivity contribution in [2.24, 2.45) is 0 Å². The van der Waals surface area contributed by atoms with Crippen LogP contribution in [-0.2, 0) is 0 Å². The highest BCUT2D eigenvalue weighted by Gasteiger charge is 2.35. The van der Waals surface area contributed by atoms with Gasteiger partial charge in [0.2, 0.25) is 0 Å². The molecule has 1 saturated heterocycles. The minimum absolute atomic E-state index is 0.136. The van der Waals surface area contributed by atoms with Crippen molar-refractivity contribution in [1.29, 1.82) is 0 Å². The van der Waals surface area contributed by atoms with E-state index in [4.69, 9.17) is 0 Å². The van der Waals surface area contributed by atoms with Gasteiger partial charge in [-0.25, -0.2) is 4.79 Å². The molecular weight excluding hydrogens is 440 g/mol. The van der Waals surface area contributed by atoms with Crippen LogP contribution in [0.15, 0.2) is 84.9 Å². The average molecular weight is 469 g/mol. The molecule has 0 aromatic heterocycles. The number of urea groups is 1. The summed E-state index contributed by atoms with van der Waals surface area (Å²) in [7, 11) is 0. The molecule has 0 spiro atoms. The highest BCUT2D eigenvalue weighted by atomic mass is 16.2. The number of carbonyl (C=O) groups excluding carboxylic acids is 3. The van der Waals surface area contributed by atoms with Crippen molar-refractivity contribution < 1.29 is 14.4 Å². The van der Waals surface area contributed by atoms with Gasteiger partial charge in [-0.3, -0.25) is 19.4 Å². The van der Waals surface area contributed by atoms with E-state index in [0.717, 1.165) is 13.1 Å². The molecule has 35 heavy (non-hydrogen) atoms. The largest absolute Gasteiger partial charge is 0.336 e. The van der Waals surface area contributed by atoms with Gasteiger partial charge in [0.15, 0.2) is 0 Å². The van der Waals surface area contributed by atoms with Crippen LogP contribution in [-0.4, -0.2) is 71.8 Å². The standard InChI is InChI=1S/C28H28N4O3/c33-26-23-13-7-8-14-24(23)27(34)32(26)16-15-29-28(35)31-19-17-30(18-20-31)25(21-9-3-1-4-10-21)22-11-5-2-6-12-22/h1-14,25H,15-20H2,(H,29,35). The SMILES string of the molecule is O=C(NCCN1C(=O)c2ccccc2C1=O)N1CCN(C(c2ccccc2)c2ccccc2)CC1. The number of hydrogen-bond donors (Lipinski definition) is 1. The van der Waals surface area contributed by atoms with E-state index in [1.807, 2.05) is 12.1 Å². The van der Waals surface area contributed by atoms with Crippen LogP contribution in [0.4, 0.5) is 4.79 Å². The third-order valence-corrected chi connectivity index (χ3v) is 6.69. The fraction of sp³-hybridized carbons (Fsp3) is 0.250. The normalized spacial score (nSPS) is 16.0. The molecule has 2 aliphatic rings. The Kier molecular flexibility index (Phi) is 6.59. The predicted octanol–water partition coefficient (Wildman–Crippen LogP) is 3.40. The van der Waals surface area contributed by atoms with Gasteiger partial charge in [-0.15, -0.1) is 0 Å². The number of hydrogen-bond acceptors (Lipinski definition) is 4. The molecule has 4 amide bonds. The molecule has 2 heterocycles. The number of nitrogens with one attached hydrogen (secondary N) is 1. The molecule has 1 fully saturated rings. The van der Waals surface area contributed by atoms with E-state index < -0.39 is 0 Å². The van der Waals surface area contributed by atoms with Crippen LogP contribution in [0.1, 0.15) is 37.9 Å². The van der Waals surface area contributed by atoms with Crippen LogP contribution in [0.5, 0.6) is 0 Å². The molecule has 0 bridgehead atoms. The lowest BCUT2D eigenvalue weighted by Gasteiger charge is -2.39. The van der Waals surface area contributed by atoms with E-state index in [0.29, 0.717) is 24.2 Å². The Morgan fingerprint density at radius 2 is 1.20 bits per heavy atom. The van der Waals surface area contributed by atoms with Gasteiger partial charge in [0.1, 0.15) is 0 Å². The summed E-state index contributed by atoms with van der Waals surface area (Å²) in [5.74, 6) is -0.609. The summed E-state index contributed by atoms with van der Waals surface area (Å²) in [6.45, 7) is 3.09. The lowest BCUT2D eigenvalue weighted by atomic mass is 9.96. The zero-order valence-electron chi connectivity index (χ0n) is 19.5. The molecule has 0 radical (unpaired) electrons. The van der Waals surface area contributed by atoms with Gasteiger partial charge in [-0.05, 0) is 23.3 Å².